The van der Waals surface area contributed by atoms with Gasteiger partial charge in [-0.3, -0.25) is 14.5 Å². The molecular formula is C25H28ClN3O3S. The van der Waals surface area contributed by atoms with E-state index in [0.717, 1.165) is 12.0 Å². The summed E-state index contributed by atoms with van der Waals surface area (Å²) in [7, 11) is 1.54. The van der Waals surface area contributed by atoms with Gasteiger partial charge < -0.3 is 15.4 Å². The van der Waals surface area contributed by atoms with Crippen molar-refractivity contribution >= 4 is 46.1 Å². The van der Waals surface area contributed by atoms with E-state index in [1.165, 1.54) is 11.8 Å². The summed E-state index contributed by atoms with van der Waals surface area (Å²) in [5, 5.41) is 8.41. The van der Waals surface area contributed by atoms with Gasteiger partial charge in [-0.2, -0.15) is 0 Å². The maximum atomic E-state index is 13.1. The summed E-state index contributed by atoms with van der Waals surface area (Å²) < 4.78 is 5.38. The number of halogens is 1. The molecule has 33 heavy (non-hydrogen) atoms. The second kappa shape index (κ2) is 11.8. The second-order valence-corrected chi connectivity index (χ2v) is 9.28. The maximum Gasteiger partial charge on any atom is 0.238 e. The average molecular weight is 486 g/mol. The summed E-state index contributed by atoms with van der Waals surface area (Å²) >= 11 is 7.75. The number of benzene rings is 2. The molecule has 1 aromatic heterocycles. The van der Waals surface area contributed by atoms with Gasteiger partial charge >= 0.3 is 0 Å². The predicted octanol–water partition coefficient (Wildman–Crippen LogP) is 5.44. The van der Waals surface area contributed by atoms with E-state index in [1.54, 1.807) is 36.6 Å². The third kappa shape index (κ3) is 7.60. The lowest BCUT2D eigenvalue weighted by Crippen LogP contribution is -2.40. The maximum absolute atomic E-state index is 13.1. The standard InChI is InChI=1S/C25H28ClN3O3S/c1-17(13-22-5-4-12-33-22)29(15-19-6-8-20(26)9-7-19)16-25(31)28-23-14-21(27-18(2)30)10-11-24(23)32-3/h4-12,14,17H,13,15-16H2,1-3H3,(H,27,30)(H,28,31)/t17-/m0/s1. The van der Waals surface area contributed by atoms with Gasteiger partial charge in [-0.25, -0.2) is 0 Å². The fourth-order valence-corrected chi connectivity index (χ4v) is 4.45. The first-order chi connectivity index (χ1) is 15.8. The highest BCUT2D eigenvalue weighted by atomic mass is 35.5. The number of amides is 2. The van der Waals surface area contributed by atoms with Crippen LogP contribution in [0.15, 0.2) is 60.0 Å². The number of anilines is 2. The zero-order valence-corrected chi connectivity index (χ0v) is 20.5. The van der Waals surface area contributed by atoms with Gasteiger partial charge in [0, 0.05) is 35.1 Å². The van der Waals surface area contributed by atoms with Crippen molar-refractivity contribution in [1.82, 2.24) is 4.90 Å². The zero-order valence-electron chi connectivity index (χ0n) is 18.9. The molecular weight excluding hydrogens is 458 g/mol. The number of thiophene rings is 1. The number of hydrogen-bond acceptors (Lipinski definition) is 5. The van der Waals surface area contributed by atoms with E-state index in [-0.39, 0.29) is 24.4 Å². The molecule has 0 bridgehead atoms. The number of methoxy groups -OCH3 is 1. The Bertz CT molecular complexity index is 1070. The molecule has 0 saturated carbocycles. The molecule has 3 aromatic rings. The molecule has 0 fully saturated rings. The highest BCUT2D eigenvalue weighted by molar-refractivity contribution is 7.09. The van der Waals surface area contributed by atoms with E-state index in [0.29, 0.717) is 28.7 Å². The van der Waals surface area contributed by atoms with Crippen molar-refractivity contribution in [3.05, 3.63) is 75.4 Å². The lowest BCUT2D eigenvalue weighted by Gasteiger charge is -2.28. The van der Waals surface area contributed by atoms with Crippen molar-refractivity contribution in [2.75, 3.05) is 24.3 Å². The van der Waals surface area contributed by atoms with Crippen LogP contribution in [0.25, 0.3) is 0 Å². The minimum Gasteiger partial charge on any atom is -0.495 e. The molecule has 3 rings (SSSR count). The first-order valence-electron chi connectivity index (χ1n) is 10.6. The van der Waals surface area contributed by atoms with Gasteiger partial charge in [-0.15, -0.1) is 11.3 Å². The van der Waals surface area contributed by atoms with E-state index in [2.05, 4.69) is 33.9 Å². The molecule has 0 aliphatic rings. The van der Waals surface area contributed by atoms with Crippen molar-refractivity contribution in [3.8, 4) is 5.75 Å². The molecule has 0 aliphatic heterocycles. The van der Waals surface area contributed by atoms with Crippen molar-refractivity contribution in [1.29, 1.82) is 0 Å². The number of nitrogens with one attached hydrogen (secondary N) is 2. The third-order valence-electron chi connectivity index (χ3n) is 5.14. The van der Waals surface area contributed by atoms with E-state index in [1.807, 2.05) is 30.3 Å². The number of rotatable bonds is 10. The normalized spacial score (nSPS) is 11.8. The molecule has 6 nitrogen and oxygen atoms in total. The van der Waals surface area contributed by atoms with Crippen LogP contribution in [0.2, 0.25) is 5.02 Å². The average Bonchev–Trinajstić information content (AvgIpc) is 3.27. The van der Waals surface area contributed by atoms with Gasteiger partial charge in [-0.05, 0) is 60.7 Å². The van der Waals surface area contributed by atoms with Crippen LogP contribution < -0.4 is 15.4 Å². The van der Waals surface area contributed by atoms with Crippen LogP contribution >= 0.6 is 22.9 Å². The van der Waals surface area contributed by atoms with Crippen LogP contribution in [0, 0.1) is 0 Å². The van der Waals surface area contributed by atoms with Crippen LogP contribution in [0.4, 0.5) is 11.4 Å². The minimum absolute atomic E-state index is 0.137. The largest absolute Gasteiger partial charge is 0.495 e. The highest BCUT2D eigenvalue weighted by Gasteiger charge is 2.20. The second-order valence-electron chi connectivity index (χ2n) is 7.81. The zero-order chi connectivity index (χ0) is 23.8. The Morgan fingerprint density at radius 2 is 1.88 bits per heavy atom. The Hall–Kier alpha value is -2.87. The number of ether oxygens (including phenoxy) is 1. The number of carbonyl (C=O) groups is 2. The SMILES string of the molecule is COc1ccc(NC(C)=O)cc1NC(=O)CN(Cc1ccc(Cl)cc1)[C@@H](C)Cc1cccs1. The molecule has 8 heteroatoms. The Morgan fingerprint density at radius 1 is 1.12 bits per heavy atom. The van der Waals surface area contributed by atoms with Crippen LogP contribution in [0.1, 0.15) is 24.3 Å². The minimum atomic E-state index is -0.186. The summed E-state index contributed by atoms with van der Waals surface area (Å²) in [6, 6.07) is 17.1. The van der Waals surface area contributed by atoms with Crippen LogP contribution in [-0.2, 0) is 22.6 Å². The molecule has 0 radical (unpaired) electrons. The summed E-state index contributed by atoms with van der Waals surface area (Å²) in [5.41, 5.74) is 2.17. The molecule has 2 aromatic carbocycles. The fourth-order valence-electron chi connectivity index (χ4n) is 3.50. The van der Waals surface area contributed by atoms with Gasteiger partial charge in [0.1, 0.15) is 5.75 Å². The van der Waals surface area contributed by atoms with E-state index in [9.17, 15) is 9.59 Å². The van der Waals surface area contributed by atoms with Gasteiger partial charge in [-0.1, -0.05) is 29.8 Å². The molecule has 0 spiro atoms. The van der Waals surface area contributed by atoms with Crippen LogP contribution in [0.3, 0.4) is 0 Å². The van der Waals surface area contributed by atoms with Gasteiger partial charge in [0.2, 0.25) is 11.8 Å². The molecule has 174 valence electrons. The highest BCUT2D eigenvalue weighted by Crippen LogP contribution is 2.28. The molecule has 1 atom stereocenters. The summed E-state index contributed by atoms with van der Waals surface area (Å²) in [5.74, 6) is 0.169. The van der Waals surface area contributed by atoms with Crippen molar-refractivity contribution in [2.45, 2.75) is 32.9 Å². The molecule has 0 aliphatic carbocycles. The Kier molecular flexibility index (Phi) is 8.88. The smallest absolute Gasteiger partial charge is 0.238 e. The van der Waals surface area contributed by atoms with E-state index in [4.69, 9.17) is 16.3 Å². The first kappa shape index (κ1) is 24.8. The van der Waals surface area contributed by atoms with Crippen LogP contribution in [-0.4, -0.2) is 36.4 Å². The molecule has 2 N–H and O–H groups in total. The molecule has 0 saturated heterocycles. The predicted molar refractivity (Wildman–Crippen MR) is 135 cm³/mol. The quantitative estimate of drug-likeness (QED) is 0.401. The lowest BCUT2D eigenvalue weighted by molar-refractivity contribution is -0.118. The van der Waals surface area contributed by atoms with E-state index < -0.39 is 0 Å². The van der Waals surface area contributed by atoms with Crippen molar-refractivity contribution in [3.63, 3.8) is 0 Å². The fraction of sp³-hybridized carbons (Fsp3) is 0.280. The number of hydrogen-bond donors (Lipinski definition) is 2. The summed E-state index contributed by atoms with van der Waals surface area (Å²) in [6.45, 7) is 4.37. The molecule has 1 heterocycles. The molecule has 0 unspecified atom stereocenters. The van der Waals surface area contributed by atoms with Crippen LogP contribution in [0.5, 0.6) is 5.75 Å². The van der Waals surface area contributed by atoms with Gasteiger partial charge in [0.25, 0.3) is 0 Å². The lowest BCUT2D eigenvalue weighted by atomic mass is 10.1. The van der Waals surface area contributed by atoms with E-state index >= 15 is 0 Å². The number of nitrogens with zero attached hydrogens (tertiary/aromatic N) is 1. The Balaban J connectivity index is 1.76. The van der Waals surface area contributed by atoms with Crippen molar-refractivity contribution < 1.29 is 14.3 Å². The summed E-state index contributed by atoms with van der Waals surface area (Å²) in [6.07, 6.45) is 0.847. The first-order valence-corrected chi connectivity index (χ1v) is 11.9. The molecule has 2 amide bonds. The van der Waals surface area contributed by atoms with Crippen molar-refractivity contribution in [2.24, 2.45) is 0 Å². The third-order valence-corrected chi connectivity index (χ3v) is 6.29. The summed E-state index contributed by atoms with van der Waals surface area (Å²) in [4.78, 5) is 27.9. The Morgan fingerprint density at radius 3 is 2.52 bits per heavy atom. The van der Waals surface area contributed by atoms with Gasteiger partial charge in [0.15, 0.2) is 0 Å². The Labute approximate surface area is 203 Å². The topological polar surface area (TPSA) is 70.7 Å². The van der Waals surface area contributed by atoms with Gasteiger partial charge in [0.05, 0.1) is 19.3 Å². The number of carbonyl (C=O) groups excluding carboxylic acids is 2. The monoisotopic (exact) mass is 485 g/mol.